The molecule has 7 heteroatoms. The van der Waals surface area contributed by atoms with Crippen molar-refractivity contribution in [2.75, 3.05) is 0 Å². The summed E-state index contributed by atoms with van der Waals surface area (Å²) in [6, 6.07) is 1.75. The number of nitrogens with zero attached hydrogens (tertiary/aromatic N) is 2. The van der Waals surface area contributed by atoms with E-state index < -0.39 is 11.5 Å². The van der Waals surface area contributed by atoms with Gasteiger partial charge in [-0.2, -0.15) is 5.10 Å². The molecule has 15 heavy (non-hydrogen) atoms. The Kier molecular flexibility index (Phi) is 4.51. The van der Waals surface area contributed by atoms with Gasteiger partial charge in [0.1, 0.15) is 0 Å². The highest BCUT2D eigenvalue weighted by Crippen LogP contribution is 2.44. The third kappa shape index (κ3) is 3.29. The summed E-state index contributed by atoms with van der Waals surface area (Å²) in [6.45, 7) is 0.371. The summed E-state index contributed by atoms with van der Waals surface area (Å²) in [5.41, 5.74) is 4.96. The van der Waals surface area contributed by atoms with Crippen molar-refractivity contribution in [2.24, 2.45) is 5.73 Å². The lowest BCUT2D eigenvalue weighted by Gasteiger charge is -2.44. The van der Waals surface area contributed by atoms with Crippen molar-refractivity contribution in [1.29, 1.82) is 0 Å². The summed E-state index contributed by atoms with van der Waals surface area (Å²) >= 11 is 0. The summed E-state index contributed by atoms with van der Waals surface area (Å²) < 4.78 is 26.7. The molecule has 1 fully saturated rings. The van der Waals surface area contributed by atoms with Crippen LogP contribution in [0.5, 0.6) is 0 Å². The fraction of sp³-hybridized carbons (Fsp3) is 0.625. The Morgan fingerprint density at radius 1 is 1.33 bits per heavy atom. The fourth-order valence-electron chi connectivity index (χ4n) is 1.81. The van der Waals surface area contributed by atoms with E-state index in [1.165, 1.54) is 0 Å². The second-order valence-corrected chi connectivity index (χ2v) is 3.78. The topological polar surface area (TPSA) is 43.8 Å². The van der Waals surface area contributed by atoms with Gasteiger partial charge >= 0.3 is 0 Å². The molecule has 0 radical (unpaired) electrons. The van der Waals surface area contributed by atoms with Gasteiger partial charge in [-0.25, -0.2) is 8.78 Å². The minimum Gasteiger partial charge on any atom is -0.323 e. The van der Waals surface area contributed by atoms with Crippen LogP contribution in [0.3, 0.4) is 0 Å². The van der Waals surface area contributed by atoms with Crippen LogP contribution in [0.25, 0.3) is 0 Å². The maximum absolute atomic E-state index is 12.6. The Balaban J connectivity index is 0.000000980. The molecule has 0 aliphatic heterocycles. The summed E-state index contributed by atoms with van der Waals surface area (Å²) in [4.78, 5) is 0. The number of nitrogens with two attached hydrogens (primary N) is 1. The Bertz CT molecular complexity index is 295. The fourth-order valence-corrected chi connectivity index (χ4v) is 1.81. The molecule has 0 saturated heterocycles. The zero-order valence-corrected chi connectivity index (χ0v) is 9.53. The van der Waals surface area contributed by atoms with E-state index in [9.17, 15) is 8.78 Å². The van der Waals surface area contributed by atoms with E-state index in [1.54, 1.807) is 23.1 Å². The second kappa shape index (κ2) is 4.63. The van der Waals surface area contributed by atoms with Crippen molar-refractivity contribution in [3.8, 4) is 0 Å². The molecule has 2 N–H and O–H groups in total. The number of hydrogen-bond donors (Lipinski definition) is 1. The molecule has 1 heterocycles. The molecule has 0 atom stereocenters. The van der Waals surface area contributed by atoms with Crippen molar-refractivity contribution >= 4 is 24.8 Å². The van der Waals surface area contributed by atoms with Crippen LogP contribution in [0.1, 0.15) is 12.8 Å². The molecule has 2 rings (SSSR count). The Morgan fingerprint density at radius 3 is 2.33 bits per heavy atom. The number of rotatable bonds is 2. The third-order valence-corrected chi connectivity index (χ3v) is 2.26. The maximum Gasteiger partial charge on any atom is 0.251 e. The van der Waals surface area contributed by atoms with Gasteiger partial charge in [0.15, 0.2) is 0 Å². The van der Waals surface area contributed by atoms with E-state index >= 15 is 0 Å². The molecule has 0 spiro atoms. The molecule has 0 amide bonds. The summed E-state index contributed by atoms with van der Waals surface area (Å²) in [7, 11) is 0. The van der Waals surface area contributed by atoms with Gasteiger partial charge in [-0.15, -0.1) is 24.8 Å². The summed E-state index contributed by atoms with van der Waals surface area (Å²) in [5.74, 6) is -2.57. The van der Waals surface area contributed by atoms with Gasteiger partial charge in [0.05, 0.1) is 6.54 Å². The lowest BCUT2D eigenvalue weighted by Crippen LogP contribution is -2.60. The van der Waals surface area contributed by atoms with Crippen molar-refractivity contribution in [2.45, 2.75) is 30.8 Å². The molecule has 88 valence electrons. The second-order valence-electron chi connectivity index (χ2n) is 3.78. The SMILES string of the molecule is Cl.Cl.NC1(Cn2cccn2)CC(F)(F)C1. The standard InChI is InChI=1S/C8H11F2N3.2ClH/c9-8(10)4-7(11,5-8)6-13-3-1-2-12-13;;/h1-3H,4-6,11H2;2*1H. The average molecular weight is 260 g/mol. The lowest BCUT2D eigenvalue weighted by molar-refractivity contribution is -0.127. The first-order valence-corrected chi connectivity index (χ1v) is 4.13. The highest BCUT2D eigenvalue weighted by atomic mass is 35.5. The van der Waals surface area contributed by atoms with Crippen LogP contribution >= 0.6 is 24.8 Å². The van der Waals surface area contributed by atoms with Crippen LogP contribution < -0.4 is 5.73 Å². The first-order valence-electron chi connectivity index (χ1n) is 4.13. The van der Waals surface area contributed by atoms with Gasteiger partial charge in [0.25, 0.3) is 5.92 Å². The van der Waals surface area contributed by atoms with Gasteiger partial charge in [0.2, 0.25) is 0 Å². The molecule has 1 saturated carbocycles. The molecular weight excluding hydrogens is 247 g/mol. The molecule has 3 nitrogen and oxygen atoms in total. The highest BCUT2D eigenvalue weighted by molar-refractivity contribution is 5.85. The minimum absolute atomic E-state index is 0. The van der Waals surface area contributed by atoms with E-state index in [0.29, 0.717) is 6.54 Å². The average Bonchev–Trinajstić information content (AvgIpc) is 2.33. The van der Waals surface area contributed by atoms with Crippen molar-refractivity contribution in [3.05, 3.63) is 18.5 Å². The number of halogens is 4. The highest BCUT2D eigenvalue weighted by Gasteiger charge is 2.54. The Morgan fingerprint density at radius 2 is 1.93 bits per heavy atom. The van der Waals surface area contributed by atoms with Crippen molar-refractivity contribution in [3.63, 3.8) is 0 Å². The van der Waals surface area contributed by atoms with Gasteiger partial charge in [0, 0.05) is 30.8 Å². The van der Waals surface area contributed by atoms with Crippen LogP contribution in [0, 0.1) is 0 Å². The zero-order chi connectivity index (χ0) is 9.53. The van der Waals surface area contributed by atoms with E-state index in [-0.39, 0.29) is 37.7 Å². The number of alkyl halides is 2. The van der Waals surface area contributed by atoms with Gasteiger partial charge in [-0.3, -0.25) is 4.68 Å². The third-order valence-electron chi connectivity index (χ3n) is 2.26. The summed E-state index contributed by atoms with van der Waals surface area (Å²) in [6.07, 6.45) is 2.87. The van der Waals surface area contributed by atoms with Crippen LogP contribution in [0.4, 0.5) is 8.78 Å². The van der Waals surface area contributed by atoms with Gasteiger partial charge in [-0.05, 0) is 6.07 Å². The van der Waals surface area contributed by atoms with Crippen LogP contribution in [0.2, 0.25) is 0 Å². The normalized spacial score (nSPS) is 20.7. The molecule has 1 aromatic rings. The van der Waals surface area contributed by atoms with E-state index in [2.05, 4.69) is 5.10 Å². The predicted molar refractivity (Wildman–Crippen MR) is 57.8 cm³/mol. The Hall–Kier alpha value is -0.390. The first kappa shape index (κ1) is 14.6. The van der Waals surface area contributed by atoms with Gasteiger partial charge < -0.3 is 5.73 Å². The predicted octanol–water partition coefficient (Wildman–Crippen LogP) is 1.85. The smallest absolute Gasteiger partial charge is 0.251 e. The van der Waals surface area contributed by atoms with Crippen molar-refractivity contribution < 1.29 is 8.78 Å². The van der Waals surface area contributed by atoms with Crippen LogP contribution in [-0.2, 0) is 6.54 Å². The Labute approximate surface area is 98.8 Å². The quantitative estimate of drug-likeness (QED) is 0.881. The molecule has 1 aliphatic rings. The maximum atomic E-state index is 12.6. The van der Waals surface area contributed by atoms with Crippen LogP contribution in [-0.4, -0.2) is 21.2 Å². The first-order chi connectivity index (χ1) is 5.99. The van der Waals surface area contributed by atoms with E-state index in [0.717, 1.165) is 0 Å². The monoisotopic (exact) mass is 259 g/mol. The van der Waals surface area contributed by atoms with E-state index in [1.807, 2.05) is 0 Å². The van der Waals surface area contributed by atoms with E-state index in [4.69, 9.17) is 5.73 Å². The summed E-state index contributed by atoms with van der Waals surface area (Å²) in [5, 5.41) is 3.92. The van der Waals surface area contributed by atoms with Gasteiger partial charge in [-0.1, -0.05) is 0 Å². The minimum atomic E-state index is -2.57. The number of aromatic nitrogens is 2. The molecule has 1 aromatic heterocycles. The lowest BCUT2D eigenvalue weighted by atomic mass is 9.74. The van der Waals surface area contributed by atoms with Crippen molar-refractivity contribution in [1.82, 2.24) is 9.78 Å². The molecular formula is C8H13Cl2F2N3. The molecule has 0 unspecified atom stereocenters. The van der Waals surface area contributed by atoms with Crippen LogP contribution in [0.15, 0.2) is 18.5 Å². The largest absolute Gasteiger partial charge is 0.323 e. The molecule has 0 aromatic carbocycles. The zero-order valence-electron chi connectivity index (χ0n) is 7.90. The molecule has 1 aliphatic carbocycles. The number of hydrogen-bond acceptors (Lipinski definition) is 2. The molecule has 0 bridgehead atoms.